The normalized spacial score (nSPS) is 23.9. The van der Waals surface area contributed by atoms with Gasteiger partial charge in [0.25, 0.3) is 0 Å². The molecule has 0 bridgehead atoms. The molecular weight excluding hydrogens is 450 g/mol. The van der Waals surface area contributed by atoms with E-state index in [0.717, 1.165) is 32.7 Å². The Morgan fingerprint density at radius 2 is 1.17 bits per heavy atom. The molecule has 0 saturated carbocycles. The highest BCUT2D eigenvalue weighted by atomic mass is 16.6. The van der Waals surface area contributed by atoms with E-state index < -0.39 is 12.5 Å². The molecule has 178 valence electrons. The molecule has 36 heavy (non-hydrogen) atoms. The van der Waals surface area contributed by atoms with Gasteiger partial charge in [-0.15, -0.1) is 0 Å². The van der Waals surface area contributed by atoms with Gasteiger partial charge in [0.15, 0.2) is 0 Å². The van der Waals surface area contributed by atoms with Crippen LogP contribution in [0.5, 0.6) is 11.5 Å². The Labute approximate surface area is 208 Å². The third kappa shape index (κ3) is 3.21. The summed E-state index contributed by atoms with van der Waals surface area (Å²) in [5.74, 6) is 0.363. The summed E-state index contributed by atoms with van der Waals surface area (Å²) < 4.78 is 13.3. The zero-order valence-electron chi connectivity index (χ0n) is 19.5. The lowest BCUT2D eigenvalue weighted by molar-refractivity contribution is -0.0767. The average molecular weight is 476 g/mol. The highest BCUT2D eigenvalue weighted by molar-refractivity contribution is 5.89. The zero-order chi connectivity index (χ0) is 24.2. The zero-order valence-corrected chi connectivity index (χ0v) is 19.5. The summed E-state index contributed by atoms with van der Waals surface area (Å²) in [6, 6.07) is 33.4. The van der Waals surface area contributed by atoms with Gasteiger partial charge in [0, 0.05) is 11.1 Å². The van der Waals surface area contributed by atoms with Crippen molar-refractivity contribution in [3.05, 3.63) is 120 Å². The Kier molecular flexibility index (Phi) is 4.96. The molecule has 5 aromatic rings. The van der Waals surface area contributed by atoms with Crippen molar-refractivity contribution in [3.8, 4) is 11.5 Å². The molecule has 2 heterocycles. The van der Waals surface area contributed by atoms with Crippen LogP contribution in [0.3, 0.4) is 0 Å². The van der Waals surface area contributed by atoms with Gasteiger partial charge < -0.3 is 19.7 Å². The van der Waals surface area contributed by atoms with Crippen LogP contribution in [0.25, 0.3) is 21.5 Å². The monoisotopic (exact) mass is 475 g/mol. The molecule has 2 N–H and O–H groups in total. The minimum Gasteiger partial charge on any atom is -0.507 e. The van der Waals surface area contributed by atoms with E-state index in [4.69, 9.17) is 9.47 Å². The molecular formula is C31H25NO4. The summed E-state index contributed by atoms with van der Waals surface area (Å²) in [6.07, 6.45) is -1.37. The third-order valence-corrected chi connectivity index (χ3v) is 7.49. The summed E-state index contributed by atoms with van der Waals surface area (Å²) in [5.41, 5.74) is 2.49. The van der Waals surface area contributed by atoms with E-state index >= 15 is 0 Å². The maximum atomic E-state index is 11.1. The second-order valence-electron chi connectivity index (χ2n) is 9.46. The van der Waals surface area contributed by atoms with Crippen molar-refractivity contribution in [2.45, 2.75) is 24.6 Å². The quantitative estimate of drug-likeness (QED) is 0.309. The lowest BCUT2D eigenvalue weighted by Gasteiger charge is -2.30. The Morgan fingerprint density at radius 3 is 1.81 bits per heavy atom. The lowest BCUT2D eigenvalue weighted by atomic mass is 9.98. The Bertz CT molecular complexity index is 1580. The van der Waals surface area contributed by atoms with E-state index in [2.05, 4.69) is 17.0 Å². The Balaban J connectivity index is 1.44. The van der Waals surface area contributed by atoms with Crippen molar-refractivity contribution in [2.24, 2.45) is 0 Å². The molecule has 0 radical (unpaired) electrons. The van der Waals surface area contributed by atoms with Crippen LogP contribution in [-0.4, -0.2) is 27.8 Å². The van der Waals surface area contributed by atoms with E-state index in [9.17, 15) is 10.2 Å². The SMILES string of the molecule is Oc1ccc2ccccc2c1[C@H]1OC[C@@H]2[C@H](c3ccccc3)O[C@@H](c3c(O)ccc4ccccc34)N12. The number of hydrogen-bond donors (Lipinski definition) is 2. The van der Waals surface area contributed by atoms with Gasteiger partial charge in [-0.25, -0.2) is 4.90 Å². The maximum Gasteiger partial charge on any atom is 0.144 e. The van der Waals surface area contributed by atoms with Crippen molar-refractivity contribution < 1.29 is 19.7 Å². The van der Waals surface area contributed by atoms with Gasteiger partial charge in [-0.05, 0) is 39.2 Å². The van der Waals surface area contributed by atoms with Crippen LogP contribution in [0.1, 0.15) is 35.3 Å². The molecule has 0 aliphatic carbocycles. The summed E-state index contributed by atoms with van der Waals surface area (Å²) >= 11 is 0. The number of rotatable bonds is 3. The molecule has 2 aliphatic rings. The van der Waals surface area contributed by atoms with Gasteiger partial charge in [-0.3, -0.25) is 0 Å². The molecule has 2 saturated heterocycles. The molecule has 5 heteroatoms. The van der Waals surface area contributed by atoms with Crippen LogP contribution in [0.2, 0.25) is 0 Å². The minimum absolute atomic E-state index is 0.0980. The topological polar surface area (TPSA) is 62.2 Å². The first-order valence-electron chi connectivity index (χ1n) is 12.2. The number of fused-ring (bicyclic) bond motifs is 3. The minimum atomic E-state index is -0.572. The van der Waals surface area contributed by atoms with Gasteiger partial charge in [0.1, 0.15) is 30.1 Å². The highest BCUT2D eigenvalue weighted by Crippen LogP contribution is 2.55. The second kappa shape index (κ2) is 8.35. The summed E-state index contributed by atoms with van der Waals surface area (Å²) in [6.45, 7) is 0.439. The highest BCUT2D eigenvalue weighted by Gasteiger charge is 2.53. The van der Waals surface area contributed by atoms with Crippen molar-refractivity contribution in [3.63, 3.8) is 0 Å². The number of phenolic OH excluding ortho intramolecular Hbond substituents is 2. The van der Waals surface area contributed by atoms with Crippen molar-refractivity contribution in [2.75, 3.05) is 6.61 Å². The van der Waals surface area contributed by atoms with Gasteiger partial charge in [0.05, 0.1) is 12.6 Å². The van der Waals surface area contributed by atoms with Crippen LogP contribution in [-0.2, 0) is 9.47 Å². The molecule has 5 aromatic carbocycles. The number of benzene rings is 5. The van der Waals surface area contributed by atoms with Crippen LogP contribution in [0.4, 0.5) is 0 Å². The van der Waals surface area contributed by atoms with Gasteiger partial charge in [-0.2, -0.15) is 0 Å². The first-order valence-corrected chi connectivity index (χ1v) is 12.2. The van der Waals surface area contributed by atoms with E-state index in [1.807, 2.05) is 78.9 Å². The van der Waals surface area contributed by atoms with Crippen molar-refractivity contribution in [1.29, 1.82) is 0 Å². The maximum absolute atomic E-state index is 11.1. The Morgan fingerprint density at radius 1 is 0.611 bits per heavy atom. The molecule has 7 rings (SSSR count). The summed E-state index contributed by atoms with van der Waals surface area (Å²) in [4.78, 5) is 2.18. The fourth-order valence-electron chi connectivity index (χ4n) is 5.86. The van der Waals surface area contributed by atoms with Crippen LogP contribution in [0, 0.1) is 0 Å². The smallest absolute Gasteiger partial charge is 0.144 e. The molecule has 0 unspecified atom stereocenters. The lowest BCUT2D eigenvalue weighted by Crippen LogP contribution is -2.31. The summed E-state index contributed by atoms with van der Waals surface area (Å²) in [7, 11) is 0. The predicted molar refractivity (Wildman–Crippen MR) is 139 cm³/mol. The fraction of sp³-hybridized carbons (Fsp3) is 0.161. The number of phenols is 2. The van der Waals surface area contributed by atoms with Crippen LogP contribution < -0.4 is 0 Å². The van der Waals surface area contributed by atoms with Gasteiger partial charge in [0.2, 0.25) is 0 Å². The fourth-order valence-corrected chi connectivity index (χ4v) is 5.86. The molecule has 0 amide bonds. The number of aromatic hydroxyl groups is 2. The van der Waals surface area contributed by atoms with E-state index in [1.54, 1.807) is 12.1 Å². The molecule has 0 spiro atoms. The standard InChI is InChI=1S/C31H25NO4/c33-25-16-14-19-8-4-6-12-22(19)27(25)30-32-24(18-35-30)29(21-10-2-1-3-11-21)36-31(32)28-23-13-7-5-9-20(23)15-17-26(28)34/h1-17,24,29-31,33-34H,18H2/t24-,29+,30-,31+/m1/s1. The van der Waals surface area contributed by atoms with Crippen molar-refractivity contribution in [1.82, 2.24) is 4.90 Å². The summed E-state index contributed by atoms with van der Waals surface area (Å²) in [5, 5.41) is 26.1. The largest absolute Gasteiger partial charge is 0.507 e. The number of nitrogens with zero attached hydrogens (tertiary/aromatic N) is 1. The molecule has 4 atom stereocenters. The van der Waals surface area contributed by atoms with Crippen LogP contribution >= 0.6 is 0 Å². The van der Waals surface area contributed by atoms with E-state index in [0.29, 0.717) is 12.2 Å². The van der Waals surface area contributed by atoms with Gasteiger partial charge >= 0.3 is 0 Å². The Hall–Kier alpha value is -3.90. The van der Waals surface area contributed by atoms with Gasteiger partial charge in [-0.1, -0.05) is 91.0 Å². The molecule has 2 fully saturated rings. The molecule has 2 aliphatic heterocycles. The first-order chi connectivity index (χ1) is 17.7. The molecule has 5 nitrogen and oxygen atoms in total. The number of ether oxygens (including phenoxy) is 2. The van der Waals surface area contributed by atoms with E-state index in [1.165, 1.54) is 0 Å². The third-order valence-electron chi connectivity index (χ3n) is 7.49. The van der Waals surface area contributed by atoms with Crippen LogP contribution in [0.15, 0.2) is 103 Å². The van der Waals surface area contributed by atoms with E-state index in [-0.39, 0.29) is 23.6 Å². The second-order valence-corrected chi connectivity index (χ2v) is 9.46. The first kappa shape index (κ1) is 21.4. The molecule has 0 aromatic heterocycles. The number of hydrogen-bond acceptors (Lipinski definition) is 5. The predicted octanol–water partition coefficient (Wildman–Crippen LogP) is 6.57. The average Bonchev–Trinajstić information content (AvgIpc) is 3.50. The van der Waals surface area contributed by atoms with Crippen molar-refractivity contribution >= 4 is 21.5 Å².